The quantitative estimate of drug-likeness (QED) is 0.540. The molecule has 0 bridgehead atoms. The molecule has 0 spiro atoms. The minimum atomic E-state index is -1.45. The van der Waals surface area contributed by atoms with Crippen LogP contribution in [-0.2, 0) is 30.3 Å². The third-order valence-electron chi connectivity index (χ3n) is 4.13. The second-order valence-electron chi connectivity index (χ2n) is 6.14. The van der Waals surface area contributed by atoms with E-state index in [0.29, 0.717) is 32.1 Å². The predicted octanol–water partition coefficient (Wildman–Crippen LogP) is 3.20. The van der Waals surface area contributed by atoms with E-state index in [4.69, 9.17) is 9.47 Å². The highest BCUT2D eigenvalue weighted by Gasteiger charge is 2.50. The van der Waals surface area contributed by atoms with Crippen LogP contribution in [0.15, 0.2) is 30.3 Å². The molecule has 5 heteroatoms. The molecule has 0 aliphatic carbocycles. The van der Waals surface area contributed by atoms with Crippen LogP contribution in [0.25, 0.3) is 0 Å². The van der Waals surface area contributed by atoms with E-state index in [0.717, 1.165) is 5.56 Å². The lowest BCUT2D eigenvalue weighted by atomic mass is 9.95. The van der Waals surface area contributed by atoms with Gasteiger partial charge in [-0.15, -0.1) is 0 Å². The average molecular weight is 332 g/mol. The van der Waals surface area contributed by atoms with Crippen LogP contribution in [0.2, 0.25) is 0 Å². The molecule has 24 heavy (non-hydrogen) atoms. The number of benzene rings is 1. The summed E-state index contributed by atoms with van der Waals surface area (Å²) in [6.45, 7) is 3.85. The zero-order valence-electron chi connectivity index (χ0n) is 14.2. The SMILES string of the molecule is CCCC1(CCC)OC(=O)C(C(=O)CCc2ccccc2)C(=O)O1. The van der Waals surface area contributed by atoms with Gasteiger partial charge in [-0.05, 0) is 24.8 Å². The minimum absolute atomic E-state index is 0.105. The van der Waals surface area contributed by atoms with E-state index in [-0.39, 0.29) is 6.42 Å². The largest absolute Gasteiger partial charge is 0.422 e. The maximum atomic E-state index is 12.3. The lowest BCUT2D eigenvalue weighted by Gasteiger charge is -2.37. The van der Waals surface area contributed by atoms with Crippen molar-refractivity contribution in [1.29, 1.82) is 0 Å². The minimum Gasteiger partial charge on any atom is -0.422 e. The van der Waals surface area contributed by atoms with Crippen LogP contribution in [0, 0.1) is 5.92 Å². The summed E-state index contributed by atoms with van der Waals surface area (Å²) in [7, 11) is 0. The van der Waals surface area contributed by atoms with E-state index < -0.39 is 29.4 Å². The Morgan fingerprint density at radius 1 is 1.00 bits per heavy atom. The number of hydrogen-bond donors (Lipinski definition) is 0. The van der Waals surface area contributed by atoms with E-state index >= 15 is 0 Å². The number of cyclic esters (lactones) is 2. The van der Waals surface area contributed by atoms with Crippen LogP contribution >= 0.6 is 0 Å². The Balaban J connectivity index is 2.02. The first-order chi connectivity index (χ1) is 11.5. The van der Waals surface area contributed by atoms with E-state index in [2.05, 4.69) is 0 Å². The van der Waals surface area contributed by atoms with Crippen molar-refractivity contribution in [2.75, 3.05) is 0 Å². The third kappa shape index (κ3) is 4.22. The second kappa shape index (κ2) is 8.08. The first-order valence-corrected chi connectivity index (χ1v) is 8.53. The van der Waals surface area contributed by atoms with Gasteiger partial charge in [-0.2, -0.15) is 0 Å². The molecular weight excluding hydrogens is 308 g/mol. The molecule has 130 valence electrons. The number of carbonyl (C=O) groups excluding carboxylic acids is 3. The summed E-state index contributed by atoms with van der Waals surface area (Å²) in [6.07, 6.45) is 2.91. The van der Waals surface area contributed by atoms with Crippen LogP contribution in [0.3, 0.4) is 0 Å². The molecule has 1 fully saturated rings. The van der Waals surface area contributed by atoms with Gasteiger partial charge < -0.3 is 9.47 Å². The van der Waals surface area contributed by atoms with Crippen molar-refractivity contribution in [3.63, 3.8) is 0 Å². The molecule has 1 saturated heterocycles. The van der Waals surface area contributed by atoms with E-state index in [1.807, 2.05) is 44.2 Å². The van der Waals surface area contributed by atoms with Crippen LogP contribution in [0.1, 0.15) is 51.5 Å². The lowest BCUT2D eigenvalue weighted by Crippen LogP contribution is -2.52. The predicted molar refractivity (Wildman–Crippen MR) is 88.0 cm³/mol. The van der Waals surface area contributed by atoms with Gasteiger partial charge in [0.1, 0.15) is 0 Å². The Morgan fingerprint density at radius 3 is 2.04 bits per heavy atom. The van der Waals surface area contributed by atoms with E-state index in [9.17, 15) is 14.4 Å². The van der Waals surface area contributed by atoms with Gasteiger partial charge in [-0.3, -0.25) is 14.4 Å². The zero-order chi connectivity index (χ0) is 17.6. The van der Waals surface area contributed by atoms with Gasteiger partial charge in [0, 0.05) is 19.3 Å². The number of hydrogen-bond acceptors (Lipinski definition) is 5. The molecule has 5 nitrogen and oxygen atoms in total. The molecule has 2 rings (SSSR count). The van der Waals surface area contributed by atoms with Crippen LogP contribution in [0.4, 0.5) is 0 Å². The Hall–Kier alpha value is -2.17. The third-order valence-corrected chi connectivity index (χ3v) is 4.13. The first kappa shape index (κ1) is 18.2. The summed E-state index contributed by atoms with van der Waals surface area (Å²) < 4.78 is 10.8. The summed E-state index contributed by atoms with van der Waals surface area (Å²) in [5.41, 5.74) is 0.981. The van der Waals surface area contributed by atoms with Crippen LogP contribution in [-0.4, -0.2) is 23.5 Å². The maximum absolute atomic E-state index is 12.3. The van der Waals surface area contributed by atoms with Gasteiger partial charge in [0.25, 0.3) is 5.79 Å². The normalized spacial score (nSPS) is 17.2. The molecular formula is C19H24O5. The Bertz CT molecular complexity index is 567. The number of carbonyl (C=O) groups is 3. The summed E-state index contributed by atoms with van der Waals surface area (Å²) in [4.78, 5) is 36.9. The number of ketones is 1. The number of rotatable bonds is 8. The number of ether oxygens (including phenoxy) is 2. The number of esters is 2. The molecule has 0 amide bonds. The summed E-state index contributed by atoms with van der Waals surface area (Å²) in [6, 6.07) is 9.46. The topological polar surface area (TPSA) is 69.7 Å². The number of aryl methyl sites for hydroxylation is 1. The smallest absolute Gasteiger partial charge is 0.331 e. The van der Waals surface area contributed by atoms with Crippen molar-refractivity contribution in [3.8, 4) is 0 Å². The molecule has 0 unspecified atom stereocenters. The summed E-state index contributed by atoms with van der Waals surface area (Å²) in [5.74, 6) is -4.64. The lowest BCUT2D eigenvalue weighted by molar-refractivity contribution is -0.255. The highest BCUT2D eigenvalue weighted by Crippen LogP contribution is 2.33. The van der Waals surface area contributed by atoms with Gasteiger partial charge in [0.2, 0.25) is 5.92 Å². The van der Waals surface area contributed by atoms with Crippen LogP contribution in [0.5, 0.6) is 0 Å². The maximum Gasteiger partial charge on any atom is 0.331 e. The van der Waals surface area contributed by atoms with Crippen molar-refractivity contribution in [1.82, 2.24) is 0 Å². The Kier molecular flexibility index (Phi) is 6.12. The van der Waals surface area contributed by atoms with Crippen molar-refractivity contribution >= 4 is 17.7 Å². The van der Waals surface area contributed by atoms with Crippen molar-refractivity contribution in [2.24, 2.45) is 5.92 Å². The fourth-order valence-corrected chi connectivity index (χ4v) is 3.01. The van der Waals surface area contributed by atoms with Gasteiger partial charge in [-0.1, -0.05) is 44.2 Å². The van der Waals surface area contributed by atoms with Crippen molar-refractivity contribution in [3.05, 3.63) is 35.9 Å². The molecule has 0 N–H and O–H groups in total. The van der Waals surface area contributed by atoms with Gasteiger partial charge in [0.15, 0.2) is 5.78 Å². The van der Waals surface area contributed by atoms with Gasteiger partial charge in [0.05, 0.1) is 0 Å². The van der Waals surface area contributed by atoms with E-state index in [1.54, 1.807) is 0 Å². The monoisotopic (exact) mass is 332 g/mol. The zero-order valence-corrected chi connectivity index (χ0v) is 14.2. The van der Waals surface area contributed by atoms with E-state index in [1.165, 1.54) is 0 Å². The molecule has 0 atom stereocenters. The van der Waals surface area contributed by atoms with Crippen molar-refractivity contribution in [2.45, 2.75) is 58.2 Å². The van der Waals surface area contributed by atoms with Crippen molar-refractivity contribution < 1.29 is 23.9 Å². The Labute approximate surface area is 142 Å². The molecule has 0 aromatic heterocycles. The van der Waals surface area contributed by atoms with Crippen LogP contribution < -0.4 is 0 Å². The number of Topliss-reactive ketones (excluding diaryl/α,β-unsaturated/α-hetero) is 1. The molecule has 0 saturated carbocycles. The fourth-order valence-electron chi connectivity index (χ4n) is 3.01. The molecule has 1 aromatic carbocycles. The Morgan fingerprint density at radius 2 is 1.54 bits per heavy atom. The fraction of sp³-hybridized carbons (Fsp3) is 0.526. The summed E-state index contributed by atoms with van der Waals surface area (Å²) >= 11 is 0. The molecule has 1 aliphatic rings. The first-order valence-electron chi connectivity index (χ1n) is 8.53. The molecule has 1 heterocycles. The molecule has 1 aromatic rings. The van der Waals surface area contributed by atoms with Gasteiger partial charge >= 0.3 is 11.9 Å². The molecule has 0 radical (unpaired) electrons. The van der Waals surface area contributed by atoms with Gasteiger partial charge in [-0.25, -0.2) is 0 Å². The molecule has 1 aliphatic heterocycles. The summed E-state index contributed by atoms with van der Waals surface area (Å²) in [5, 5.41) is 0. The average Bonchev–Trinajstić information content (AvgIpc) is 2.53. The second-order valence-corrected chi connectivity index (χ2v) is 6.14. The highest BCUT2D eigenvalue weighted by molar-refractivity contribution is 6.15. The highest BCUT2D eigenvalue weighted by atomic mass is 16.7. The standard InChI is InChI=1S/C19H24O5/c1-3-12-19(13-4-2)23-17(21)16(18(22)24-19)15(20)11-10-14-8-6-5-7-9-14/h5-9,16H,3-4,10-13H2,1-2H3.